The molecule has 2 rings (SSSR count). The molecule has 0 aromatic heterocycles. The van der Waals surface area contributed by atoms with Gasteiger partial charge in [-0.2, -0.15) is 0 Å². The number of carbonyl (C=O) groups is 2. The Morgan fingerprint density at radius 3 is 2.46 bits per heavy atom. The molecule has 0 spiro atoms. The maximum absolute atomic E-state index is 12.4. The van der Waals surface area contributed by atoms with Crippen molar-refractivity contribution in [1.29, 1.82) is 0 Å². The van der Waals surface area contributed by atoms with Gasteiger partial charge in [-0.3, -0.25) is 9.59 Å². The van der Waals surface area contributed by atoms with Crippen LogP contribution in [-0.2, 0) is 11.2 Å². The van der Waals surface area contributed by atoms with Crippen molar-refractivity contribution in [2.45, 2.75) is 13.3 Å². The van der Waals surface area contributed by atoms with Crippen LogP contribution in [0.15, 0.2) is 48.5 Å². The number of ether oxygens (including phenoxy) is 1. The van der Waals surface area contributed by atoms with E-state index in [-0.39, 0.29) is 18.4 Å². The van der Waals surface area contributed by atoms with Crippen LogP contribution >= 0.6 is 0 Å². The molecule has 0 bridgehead atoms. The molecule has 5 heteroatoms. The van der Waals surface area contributed by atoms with E-state index in [1.54, 1.807) is 50.6 Å². The van der Waals surface area contributed by atoms with Gasteiger partial charge in [-0.05, 0) is 36.2 Å². The zero-order chi connectivity index (χ0) is 17.5. The van der Waals surface area contributed by atoms with E-state index in [0.717, 1.165) is 6.42 Å². The third-order valence-corrected chi connectivity index (χ3v) is 3.69. The first-order valence-electron chi connectivity index (χ1n) is 7.81. The summed E-state index contributed by atoms with van der Waals surface area (Å²) in [5, 5.41) is 2.76. The molecule has 2 aromatic rings. The van der Waals surface area contributed by atoms with E-state index in [9.17, 15) is 9.59 Å². The molecular formula is C19H22N2O3. The smallest absolute Gasteiger partial charge is 0.254 e. The van der Waals surface area contributed by atoms with Crippen LogP contribution < -0.4 is 10.1 Å². The van der Waals surface area contributed by atoms with Crippen molar-refractivity contribution in [2.75, 3.05) is 26.0 Å². The van der Waals surface area contributed by atoms with Crippen LogP contribution in [0.2, 0.25) is 0 Å². The molecule has 24 heavy (non-hydrogen) atoms. The van der Waals surface area contributed by atoms with Crippen molar-refractivity contribution in [3.8, 4) is 5.75 Å². The van der Waals surface area contributed by atoms with E-state index in [2.05, 4.69) is 12.2 Å². The van der Waals surface area contributed by atoms with Crippen LogP contribution in [0.3, 0.4) is 0 Å². The summed E-state index contributed by atoms with van der Waals surface area (Å²) in [6.07, 6.45) is 0.924. The van der Waals surface area contributed by atoms with Gasteiger partial charge in [0.2, 0.25) is 5.91 Å². The number of methoxy groups -OCH3 is 1. The fraction of sp³-hybridized carbons (Fsp3) is 0.263. The maximum Gasteiger partial charge on any atom is 0.254 e. The monoisotopic (exact) mass is 326 g/mol. The molecule has 0 radical (unpaired) electrons. The Balaban J connectivity index is 1.95. The number of likely N-dealkylation sites (N-methyl/N-ethyl adjacent to an activating group) is 1. The van der Waals surface area contributed by atoms with E-state index in [4.69, 9.17) is 4.74 Å². The number of amides is 2. The fourth-order valence-electron chi connectivity index (χ4n) is 2.29. The van der Waals surface area contributed by atoms with Crippen molar-refractivity contribution in [3.63, 3.8) is 0 Å². The Morgan fingerprint density at radius 1 is 1.12 bits per heavy atom. The largest absolute Gasteiger partial charge is 0.497 e. The SMILES string of the molecule is CCc1ccc(C(=O)N(C)CC(=O)Nc2cccc(OC)c2)cc1. The Hall–Kier alpha value is -2.82. The van der Waals surface area contributed by atoms with E-state index in [1.807, 2.05) is 12.1 Å². The van der Waals surface area contributed by atoms with Crippen molar-refractivity contribution >= 4 is 17.5 Å². The molecule has 0 saturated heterocycles. The summed E-state index contributed by atoms with van der Waals surface area (Å²) < 4.78 is 5.12. The van der Waals surface area contributed by atoms with E-state index in [0.29, 0.717) is 17.0 Å². The lowest BCUT2D eigenvalue weighted by molar-refractivity contribution is -0.116. The Bertz CT molecular complexity index is 711. The van der Waals surface area contributed by atoms with Gasteiger partial charge in [-0.15, -0.1) is 0 Å². The molecule has 0 saturated carbocycles. The molecule has 2 aromatic carbocycles. The van der Waals surface area contributed by atoms with Crippen molar-refractivity contribution in [3.05, 3.63) is 59.7 Å². The highest BCUT2D eigenvalue weighted by Crippen LogP contribution is 2.16. The predicted molar refractivity (Wildman–Crippen MR) is 94.4 cm³/mol. The number of nitrogens with one attached hydrogen (secondary N) is 1. The molecule has 1 N–H and O–H groups in total. The highest BCUT2D eigenvalue weighted by Gasteiger charge is 2.15. The first-order chi connectivity index (χ1) is 11.5. The standard InChI is InChI=1S/C19H22N2O3/c1-4-14-8-10-15(11-9-14)19(23)21(2)13-18(22)20-16-6-5-7-17(12-16)24-3/h5-12H,4,13H2,1-3H3,(H,20,22). The second-order valence-corrected chi connectivity index (χ2v) is 5.49. The number of hydrogen-bond acceptors (Lipinski definition) is 3. The van der Waals surface area contributed by atoms with E-state index >= 15 is 0 Å². The van der Waals surface area contributed by atoms with Gasteiger partial charge in [0, 0.05) is 24.4 Å². The molecule has 0 aliphatic heterocycles. The van der Waals surface area contributed by atoms with Crippen LogP contribution in [0.25, 0.3) is 0 Å². The molecule has 0 unspecified atom stereocenters. The zero-order valence-corrected chi connectivity index (χ0v) is 14.2. The van der Waals surface area contributed by atoms with Crippen LogP contribution in [0.1, 0.15) is 22.8 Å². The first kappa shape index (κ1) is 17.5. The summed E-state index contributed by atoms with van der Waals surface area (Å²) in [6.45, 7) is 2.04. The second kappa shape index (κ2) is 8.15. The fourth-order valence-corrected chi connectivity index (χ4v) is 2.29. The Labute approximate surface area is 142 Å². The number of hydrogen-bond donors (Lipinski definition) is 1. The Morgan fingerprint density at radius 2 is 1.83 bits per heavy atom. The summed E-state index contributed by atoms with van der Waals surface area (Å²) >= 11 is 0. The normalized spacial score (nSPS) is 10.1. The topological polar surface area (TPSA) is 58.6 Å². The van der Waals surface area contributed by atoms with Gasteiger partial charge in [0.1, 0.15) is 5.75 Å². The average Bonchev–Trinajstić information content (AvgIpc) is 2.61. The molecule has 0 fully saturated rings. The van der Waals surface area contributed by atoms with Gasteiger partial charge in [-0.25, -0.2) is 0 Å². The maximum atomic E-state index is 12.4. The van der Waals surface area contributed by atoms with Gasteiger partial charge < -0.3 is 15.0 Å². The number of benzene rings is 2. The minimum absolute atomic E-state index is 0.0222. The highest BCUT2D eigenvalue weighted by atomic mass is 16.5. The highest BCUT2D eigenvalue weighted by molar-refractivity contribution is 5.99. The number of anilines is 1. The summed E-state index contributed by atoms with van der Waals surface area (Å²) in [5.41, 5.74) is 2.38. The molecule has 5 nitrogen and oxygen atoms in total. The summed E-state index contributed by atoms with van der Waals surface area (Å²) in [5.74, 6) is 0.218. The quantitative estimate of drug-likeness (QED) is 0.888. The van der Waals surface area contributed by atoms with Gasteiger partial charge in [0.15, 0.2) is 0 Å². The van der Waals surface area contributed by atoms with Crippen LogP contribution in [0.4, 0.5) is 5.69 Å². The summed E-state index contributed by atoms with van der Waals surface area (Å²) in [7, 11) is 3.18. The Kier molecular flexibility index (Phi) is 5.95. The van der Waals surface area contributed by atoms with Crippen molar-refractivity contribution in [1.82, 2.24) is 4.90 Å². The van der Waals surface area contributed by atoms with Gasteiger partial charge in [0.25, 0.3) is 5.91 Å². The number of rotatable bonds is 6. The molecule has 0 atom stereocenters. The summed E-state index contributed by atoms with van der Waals surface area (Å²) in [4.78, 5) is 25.9. The van der Waals surface area contributed by atoms with Crippen LogP contribution in [0.5, 0.6) is 5.75 Å². The first-order valence-corrected chi connectivity index (χ1v) is 7.81. The van der Waals surface area contributed by atoms with Crippen LogP contribution in [-0.4, -0.2) is 37.4 Å². The lowest BCUT2D eigenvalue weighted by Crippen LogP contribution is -2.34. The van der Waals surface area contributed by atoms with Gasteiger partial charge in [-0.1, -0.05) is 25.1 Å². The third kappa shape index (κ3) is 4.59. The minimum Gasteiger partial charge on any atom is -0.497 e. The zero-order valence-electron chi connectivity index (χ0n) is 14.2. The summed E-state index contributed by atoms with van der Waals surface area (Å²) in [6, 6.07) is 14.5. The third-order valence-electron chi connectivity index (χ3n) is 3.69. The predicted octanol–water partition coefficient (Wildman–Crippen LogP) is 2.97. The molecule has 0 aliphatic rings. The molecular weight excluding hydrogens is 304 g/mol. The number of aryl methyl sites for hydroxylation is 1. The second-order valence-electron chi connectivity index (χ2n) is 5.49. The lowest BCUT2D eigenvalue weighted by Gasteiger charge is -2.17. The van der Waals surface area contributed by atoms with Gasteiger partial charge in [0.05, 0.1) is 13.7 Å². The van der Waals surface area contributed by atoms with Crippen molar-refractivity contribution < 1.29 is 14.3 Å². The number of carbonyl (C=O) groups excluding carboxylic acids is 2. The average molecular weight is 326 g/mol. The van der Waals surface area contributed by atoms with Crippen molar-refractivity contribution in [2.24, 2.45) is 0 Å². The molecule has 126 valence electrons. The molecule has 0 aliphatic carbocycles. The van der Waals surface area contributed by atoms with E-state index in [1.165, 1.54) is 10.5 Å². The lowest BCUT2D eigenvalue weighted by atomic mass is 10.1. The minimum atomic E-state index is -0.260. The molecule has 0 heterocycles. The van der Waals surface area contributed by atoms with Gasteiger partial charge >= 0.3 is 0 Å². The number of nitrogens with zero attached hydrogens (tertiary/aromatic N) is 1. The molecule has 2 amide bonds. The van der Waals surface area contributed by atoms with Crippen LogP contribution in [0, 0.1) is 0 Å². The van der Waals surface area contributed by atoms with E-state index < -0.39 is 0 Å².